The third-order valence-electron chi connectivity index (χ3n) is 4.05. The SMILES string of the molecule is CCCOc1ccc2cc(S(=O)(=O)NCCC[n+]3cc[nH]c3)ccc2c1. The van der Waals surface area contributed by atoms with Gasteiger partial charge in [-0.1, -0.05) is 19.1 Å². The van der Waals surface area contributed by atoms with Crippen molar-refractivity contribution in [3.8, 4) is 5.75 Å². The maximum absolute atomic E-state index is 12.5. The second kappa shape index (κ2) is 8.33. The number of rotatable bonds is 9. The van der Waals surface area contributed by atoms with Crippen LogP contribution in [0.1, 0.15) is 19.8 Å². The first kappa shape index (κ1) is 18.4. The summed E-state index contributed by atoms with van der Waals surface area (Å²) in [6, 6.07) is 10.8. The van der Waals surface area contributed by atoms with Crippen LogP contribution in [0.5, 0.6) is 5.75 Å². The maximum atomic E-state index is 12.5. The van der Waals surface area contributed by atoms with Crippen LogP contribution in [0.15, 0.2) is 60.0 Å². The summed E-state index contributed by atoms with van der Waals surface area (Å²) >= 11 is 0. The van der Waals surface area contributed by atoms with E-state index in [1.807, 2.05) is 47.6 Å². The lowest BCUT2D eigenvalue weighted by Crippen LogP contribution is -2.33. The number of benzene rings is 2. The molecule has 0 saturated heterocycles. The van der Waals surface area contributed by atoms with Crippen molar-refractivity contribution in [2.75, 3.05) is 13.2 Å². The number of hydrogen-bond donors (Lipinski definition) is 2. The minimum atomic E-state index is -3.52. The van der Waals surface area contributed by atoms with Gasteiger partial charge in [0.1, 0.15) is 18.1 Å². The lowest BCUT2D eigenvalue weighted by Gasteiger charge is -2.09. The molecule has 0 aliphatic carbocycles. The number of sulfonamides is 1. The van der Waals surface area contributed by atoms with Crippen molar-refractivity contribution in [1.29, 1.82) is 0 Å². The van der Waals surface area contributed by atoms with E-state index in [0.717, 1.165) is 29.5 Å². The summed E-state index contributed by atoms with van der Waals surface area (Å²) in [4.78, 5) is 3.24. The van der Waals surface area contributed by atoms with E-state index in [1.165, 1.54) is 0 Å². The highest BCUT2D eigenvalue weighted by atomic mass is 32.2. The van der Waals surface area contributed by atoms with Gasteiger partial charge in [-0.05, 0) is 47.9 Å². The number of hydrogen-bond acceptors (Lipinski definition) is 3. The van der Waals surface area contributed by atoms with Crippen LogP contribution < -0.4 is 14.0 Å². The van der Waals surface area contributed by atoms with Crippen LogP contribution in [0.2, 0.25) is 0 Å². The van der Waals surface area contributed by atoms with Gasteiger partial charge >= 0.3 is 0 Å². The Morgan fingerprint density at radius 1 is 1.15 bits per heavy atom. The molecule has 0 fully saturated rings. The lowest BCUT2D eigenvalue weighted by atomic mass is 10.1. The number of H-pyrrole nitrogens is 1. The first-order valence-corrected chi connectivity index (χ1v) is 10.2. The zero-order valence-electron chi connectivity index (χ0n) is 14.8. The quantitative estimate of drug-likeness (QED) is 0.447. The fraction of sp³-hybridized carbons (Fsp3) is 0.316. The second-order valence-corrected chi connectivity index (χ2v) is 7.89. The predicted molar refractivity (Wildman–Crippen MR) is 101 cm³/mol. The Kier molecular flexibility index (Phi) is 5.90. The molecule has 3 rings (SSSR count). The highest BCUT2D eigenvalue weighted by Gasteiger charge is 2.14. The largest absolute Gasteiger partial charge is 0.494 e. The molecule has 26 heavy (non-hydrogen) atoms. The molecule has 138 valence electrons. The first-order chi connectivity index (χ1) is 12.6. The molecule has 7 heteroatoms. The number of imidazole rings is 1. The van der Waals surface area contributed by atoms with Crippen molar-refractivity contribution >= 4 is 20.8 Å². The highest BCUT2D eigenvalue weighted by molar-refractivity contribution is 7.89. The molecule has 0 aliphatic rings. The summed E-state index contributed by atoms with van der Waals surface area (Å²) in [6.07, 6.45) is 7.25. The van der Waals surface area contributed by atoms with Crippen molar-refractivity contribution < 1.29 is 17.7 Å². The third-order valence-corrected chi connectivity index (χ3v) is 5.51. The predicted octanol–water partition coefficient (Wildman–Crippen LogP) is 2.61. The normalized spacial score (nSPS) is 11.7. The van der Waals surface area contributed by atoms with Crippen LogP contribution in [-0.2, 0) is 16.6 Å². The standard InChI is InChI=1S/C19H23N3O3S/c1-2-12-25-18-6-4-17-14-19(7-5-16(17)13-18)26(23,24)21-8-3-10-22-11-9-20-15-22/h4-7,9,11,13-15,21H,2-3,8,10,12H2,1H3/p+1. The van der Waals surface area contributed by atoms with Gasteiger partial charge in [0.25, 0.3) is 0 Å². The van der Waals surface area contributed by atoms with E-state index in [1.54, 1.807) is 12.1 Å². The summed E-state index contributed by atoms with van der Waals surface area (Å²) < 4.78 is 35.3. The molecule has 0 amide bonds. The van der Waals surface area contributed by atoms with Gasteiger partial charge in [0, 0.05) is 6.54 Å². The van der Waals surface area contributed by atoms with Crippen molar-refractivity contribution in [2.45, 2.75) is 31.2 Å². The third kappa shape index (κ3) is 4.62. The van der Waals surface area contributed by atoms with E-state index in [-0.39, 0.29) is 4.90 Å². The maximum Gasteiger partial charge on any atom is 0.241 e. The molecule has 2 aromatic carbocycles. The number of fused-ring (bicyclic) bond motifs is 1. The zero-order chi connectivity index (χ0) is 18.4. The number of aromatic nitrogens is 2. The van der Waals surface area contributed by atoms with Gasteiger partial charge in [0.05, 0.1) is 18.0 Å². The van der Waals surface area contributed by atoms with Gasteiger partial charge in [-0.3, -0.25) is 4.98 Å². The van der Waals surface area contributed by atoms with Gasteiger partial charge in [-0.2, -0.15) is 0 Å². The van der Waals surface area contributed by atoms with E-state index in [9.17, 15) is 8.42 Å². The Morgan fingerprint density at radius 3 is 2.73 bits per heavy atom. The van der Waals surface area contributed by atoms with Crippen molar-refractivity contribution in [3.63, 3.8) is 0 Å². The van der Waals surface area contributed by atoms with Crippen LogP contribution in [0.25, 0.3) is 10.8 Å². The van der Waals surface area contributed by atoms with E-state index in [0.29, 0.717) is 19.6 Å². The topological polar surface area (TPSA) is 75.1 Å². The molecule has 1 aromatic heterocycles. The van der Waals surface area contributed by atoms with Crippen LogP contribution in [0.4, 0.5) is 0 Å². The summed E-state index contributed by atoms with van der Waals surface area (Å²) in [5, 5.41) is 1.83. The Bertz CT molecular complexity index is 953. The second-order valence-electron chi connectivity index (χ2n) is 6.12. The molecule has 0 atom stereocenters. The van der Waals surface area contributed by atoms with Gasteiger partial charge in [-0.25, -0.2) is 17.7 Å². The average molecular weight is 374 g/mol. The molecule has 0 spiro atoms. The molecular formula is C19H24N3O3S+. The zero-order valence-corrected chi connectivity index (χ0v) is 15.6. The average Bonchev–Trinajstić information content (AvgIpc) is 3.16. The lowest BCUT2D eigenvalue weighted by molar-refractivity contribution is -0.695. The van der Waals surface area contributed by atoms with E-state index in [2.05, 4.69) is 16.6 Å². The molecule has 0 unspecified atom stereocenters. The number of aromatic amines is 1. The van der Waals surface area contributed by atoms with Gasteiger partial charge in [-0.15, -0.1) is 0 Å². The monoisotopic (exact) mass is 374 g/mol. The molecular weight excluding hydrogens is 350 g/mol. The minimum absolute atomic E-state index is 0.279. The Labute approximate surface area is 153 Å². The number of nitrogens with zero attached hydrogens (tertiary/aromatic N) is 1. The number of ether oxygens (including phenoxy) is 1. The molecule has 1 heterocycles. The summed E-state index contributed by atoms with van der Waals surface area (Å²) in [7, 11) is -3.52. The minimum Gasteiger partial charge on any atom is -0.494 e. The van der Waals surface area contributed by atoms with Gasteiger partial charge in [0.2, 0.25) is 16.4 Å². The Hall–Kier alpha value is -2.38. The van der Waals surface area contributed by atoms with E-state index in [4.69, 9.17) is 4.74 Å². The first-order valence-electron chi connectivity index (χ1n) is 8.76. The van der Waals surface area contributed by atoms with Crippen LogP contribution in [0.3, 0.4) is 0 Å². The number of aryl methyl sites for hydroxylation is 1. The molecule has 0 aliphatic heterocycles. The smallest absolute Gasteiger partial charge is 0.241 e. The van der Waals surface area contributed by atoms with Crippen LogP contribution >= 0.6 is 0 Å². The molecule has 0 radical (unpaired) electrons. The fourth-order valence-corrected chi connectivity index (χ4v) is 3.80. The fourth-order valence-electron chi connectivity index (χ4n) is 2.69. The van der Waals surface area contributed by atoms with Crippen molar-refractivity contribution in [3.05, 3.63) is 55.1 Å². The number of nitrogens with one attached hydrogen (secondary N) is 2. The molecule has 2 N–H and O–H groups in total. The highest BCUT2D eigenvalue weighted by Crippen LogP contribution is 2.24. The van der Waals surface area contributed by atoms with Gasteiger partial charge < -0.3 is 4.74 Å². The van der Waals surface area contributed by atoms with Crippen molar-refractivity contribution in [2.24, 2.45) is 0 Å². The van der Waals surface area contributed by atoms with Crippen LogP contribution in [-0.4, -0.2) is 26.6 Å². The van der Waals surface area contributed by atoms with E-state index >= 15 is 0 Å². The summed E-state index contributed by atoms with van der Waals surface area (Å²) in [5.74, 6) is 0.801. The molecule has 6 nitrogen and oxygen atoms in total. The van der Waals surface area contributed by atoms with E-state index < -0.39 is 10.0 Å². The Balaban J connectivity index is 1.65. The summed E-state index contributed by atoms with van der Waals surface area (Å²) in [5.41, 5.74) is 0. The van der Waals surface area contributed by atoms with Crippen LogP contribution in [0, 0.1) is 0 Å². The molecule has 0 bridgehead atoms. The van der Waals surface area contributed by atoms with Crippen molar-refractivity contribution in [1.82, 2.24) is 9.71 Å². The summed E-state index contributed by atoms with van der Waals surface area (Å²) in [6.45, 7) is 3.87. The molecule has 0 saturated carbocycles. The van der Waals surface area contributed by atoms with Gasteiger partial charge in [0.15, 0.2) is 0 Å². The Morgan fingerprint density at radius 2 is 1.96 bits per heavy atom. The molecule has 3 aromatic rings.